The van der Waals surface area contributed by atoms with Crippen LogP contribution < -0.4 is 14.2 Å². The van der Waals surface area contributed by atoms with Gasteiger partial charge in [-0.15, -0.1) is 0 Å². The summed E-state index contributed by atoms with van der Waals surface area (Å²) in [5.41, 5.74) is 0.186. The molecule has 2 rings (SSSR count). The van der Waals surface area contributed by atoms with Crippen LogP contribution in [0.2, 0.25) is 0 Å². The van der Waals surface area contributed by atoms with Gasteiger partial charge in [0.2, 0.25) is 0 Å². The summed E-state index contributed by atoms with van der Waals surface area (Å²) < 4.78 is 94.6. The zero-order chi connectivity index (χ0) is 29.8. The monoisotopic (exact) mass is 393 g/mol. The van der Waals surface area contributed by atoms with E-state index < -0.39 is 74.2 Å². The third-order valence-corrected chi connectivity index (χ3v) is 3.40. The predicted octanol–water partition coefficient (Wildman–Crippen LogP) is 3.67. The van der Waals surface area contributed by atoms with Gasteiger partial charge in [-0.1, -0.05) is 24.3 Å². The molecule has 0 aromatic heterocycles. The molecule has 0 heterocycles. The van der Waals surface area contributed by atoms with Gasteiger partial charge in [-0.25, -0.2) is 0 Å². The molecule has 0 unspecified atom stereocenters. The van der Waals surface area contributed by atoms with Crippen molar-refractivity contribution in [2.45, 2.75) is 6.42 Å². The number of benzene rings is 2. The fraction of sp³-hybridized carbons (Fsp3) is 0.182. The molecule has 6 nitrogen and oxygen atoms in total. The van der Waals surface area contributed by atoms with E-state index in [2.05, 4.69) is 4.74 Å². The van der Waals surface area contributed by atoms with Crippen LogP contribution in [0.4, 0.5) is 0 Å². The van der Waals surface area contributed by atoms with Gasteiger partial charge in [-0.2, -0.15) is 0 Å². The minimum absolute atomic E-state index is 0.0606. The zero-order valence-corrected chi connectivity index (χ0v) is 14.3. The van der Waals surface area contributed by atoms with Crippen molar-refractivity contribution in [3.8, 4) is 23.0 Å². The molecule has 0 atom stereocenters. The lowest BCUT2D eigenvalue weighted by molar-refractivity contribution is -0.121. The van der Waals surface area contributed by atoms with Gasteiger partial charge < -0.3 is 19.3 Å². The number of phenols is 1. The van der Waals surface area contributed by atoms with Crippen molar-refractivity contribution in [3.05, 3.63) is 59.6 Å². The highest BCUT2D eigenvalue weighted by Crippen LogP contribution is 2.28. The lowest BCUT2D eigenvalue weighted by Gasteiger charge is -2.07. The summed E-state index contributed by atoms with van der Waals surface area (Å²) in [6, 6.07) is 5.47. The fourth-order valence-electron chi connectivity index (χ4n) is 2.06. The molecule has 0 saturated heterocycles. The Balaban J connectivity index is 2.22. The maximum Gasteiger partial charge on any atom is 0.163 e. The summed E-state index contributed by atoms with van der Waals surface area (Å²) in [6.45, 7) is 0. The van der Waals surface area contributed by atoms with E-state index >= 15 is 0 Å². The standard InChI is InChI=1S/C22H22O6/c1-26-20-11-7-16(13-22(20)28-3)5-9-18(24)14-17(23)8-4-15-6-10-19(25)21(12-15)27-2/h4-13,25H,14H2,1-3H3/b8-4+,9-5+/i1D3,2D3,3D3,8D,9D. The first-order valence-electron chi connectivity index (χ1n) is 13.2. The van der Waals surface area contributed by atoms with Crippen LogP contribution >= 0.6 is 0 Å². The number of carbonyl (C=O) groups is 2. The number of ether oxygens (including phenoxy) is 3. The molecule has 1 N–H and O–H groups in total. The van der Waals surface area contributed by atoms with Crippen molar-refractivity contribution in [1.82, 2.24) is 0 Å². The first-order chi connectivity index (χ1) is 17.7. The summed E-state index contributed by atoms with van der Waals surface area (Å²) in [5, 5.41) is 9.73. The normalized spacial score (nSPS) is 18.8. The molecule has 2 aromatic rings. The van der Waals surface area contributed by atoms with E-state index in [1.54, 1.807) is 0 Å². The molecule has 28 heavy (non-hydrogen) atoms. The lowest BCUT2D eigenvalue weighted by atomic mass is 10.1. The second-order valence-corrected chi connectivity index (χ2v) is 5.34. The Hall–Kier alpha value is -3.54. The molecular formula is C22H22O6. The molecule has 0 aliphatic rings. The van der Waals surface area contributed by atoms with Crippen LogP contribution in [0.1, 0.15) is 32.6 Å². The van der Waals surface area contributed by atoms with E-state index in [4.69, 9.17) is 24.6 Å². The minimum atomic E-state index is -2.96. The summed E-state index contributed by atoms with van der Waals surface area (Å²) in [4.78, 5) is 24.8. The van der Waals surface area contributed by atoms with Gasteiger partial charge >= 0.3 is 0 Å². The molecular weight excluding hydrogens is 360 g/mol. The largest absolute Gasteiger partial charge is 0.504 e. The van der Waals surface area contributed by atoms with Gasteiger partial charge in [0.1, 0.15) is 0 Å². The van der Waals surface area contributed by atoms with Gasteiger partial charge in [0.25, 0.3) is 0 Å². The molecule has 0 spiro atoms. The number of methoxy groups -OCH3 is 3. The van der Waals surface area contributed by atoms with Crippen LogP contribution in [0.3, 0.4) is 0 Å². The number of hydrogen-bond acceptors (Lipinski definition) is 6. The summed E-state index contributed by atoms with van der Waals surface area (Å²) >= 11 is 0. The van der Waals surface area contributed by atoms with Crippen LogP contribution in [0.25, 0.3) is 12.2 Å². The Bertz CT molecular complexity index is 1290. The van der Waals surface area contributed by atoms with Gasteiger partial charge in [-0.3, -0.25) is 9.59 Å². The summed E-state index contributed by atoms with van der Waals surface area (Å²) in [5.74, 6) is -3.75. The van der Waals surface area contributed by atoms with E-state index in [0.29, 0.717) is 0 Å². The molecule has 0 bridgehead atoms. The van der Waals surface area contributed by atoms with Crippen molar-refractivity contribution >= 4 is 23.7 Å². The van der Waals surface area contributed by atoms with Crippen LogP contribution in [-0.2, 0) is 9.59 Å². The maximum absolute atomic E-state index is 12.4. The molecule has 0 amide bonds. The van der Waals surface area contributed by atoms with Crippen molar-refractivity contribution in [2.24, 2.45) is 0 Å². The maximum atomic E-state index is 12.4. The quantitative estimate of drug-likeness (QED) is 0.517. The Morgan fingerprint density at radius 2 is 1.43 bits per heavy atom. The summed E-state index contributed by atoms with van der Waals surface area (Å²) in [6.07, 6.45) is 1.12. The van der Waals surface area contributed by atoms with Crippen molar-refractivity contribution in [2.75, 3.05) is 21.1 Å². The first kappa shape index (κ1) is 10.1. The molecule has 0 aliphatic heterocycles. The van der Waals surface area contributed by atoms with Gasteiger partial charge in [0.15, 0.2) is 34.6 Å². The molecule has 0 aliphatic carbocycles. The van der Waals surface area contributed by atoms with Crippen LogP contribution in [-0.4, -0.2) is 37.8 Å². The van der Waals surface area contributed by atoms with E-state index in [1.165, 1.54) is 12.1 Å². The highest BCUT2D eigenvalue weighted by Gasteiger charge is 2.06. The first-order valence-corrected chi connectivity index (χ1v) is 7.69. The van der Waals surface area contributed by atoms with Crippen molar-refractivity contribution < 1.29 is 44.0 Å². The molecule has 146 valence electrons. The van der Waals surface area contributed by atoms with Crippen molar-refractivity contribution in [1.29, 1.82) is 0 Å². The van der Waals surface area contributed by atoms with Crippen LogP contribution in [0.5, 0.6) is 23.0 Å². The number of hydrogen-bond donors (Lipinski definition) is 1. The number of phenolic OH excluding ortho intramolecular Hbond substituents is 1. The zero-order valence-electron chi connectivity index (χ0n) is 25.3. The second-order valence-electron chi connectivity index (χ2n) is 5.34. The van der Waals surface area contributed by atoms with Gasteiger partial charge in [-0.05, 0) is 47.5 Å². The Morgan fingerprint density at radius 1 is 0.893 bits per heavy atom. The smallest absolute Gasteiger partial charge is 0.163 e. The van der Waals surface area contributed by atoms with E-state index in [0.717, 1.165) is 36.4 Å². The van der Waals surface area contributed by atoms with Gasteiger partial charge in [0.05, 0.1) is 42.6 Å². The van der Waals surface area contributed by atoms with Gasteiger partial charge in [0, 0.05) is 0 Å². The predicted molar refractivity (Wildman–Crippen MR) is 107 cm³/mol. The Labute approximate surface area is 179 Å². The number of aromatic hydroxyl groups is 1. The molecule has 6 heteroatoms. The van der Waals surface area contributed by atoms with Crippen LogP contribution in [0.15, 0.2) is 48.5 Å². The lowest BCUT2D eigenvalue weighted by Crippen LogP contribution is -2.01. The molecule has 0 radical (unpaired) electrons. The number of allylic oxidation sites excluding steroid dienone is 2. The van der Waals surface area contributed by atoms with Crippen LogP contribution in [0, 0.1) is 0 Å². The molecule has 0 saturated carbocycles. The second kappa shape index (κ2) is 9.97. The Morgan fingerprint density at radius 3 is 2.07 bits per heavy atom. The number of rotatable bonds is 9. The van der Waals surface area contributed by atoms with E-state index in [1.807, 2.05) is 0 Å². The third-order valence-electron chi connectivity index (χ3n) is 3.40. The third kappa shape index (κ3) is 5.74. The van der Waals surface area contributed by atoms with E-state index in [-0.39, 0.29) is 11.1 Å². The highest BCUT2D eigenvalue weighted by atomic mass is 16.5. The van der Waals surface area contributed by atoms with E-state index in [9.17, 15) is 14.7 Å². The van der Waals surface area contributed by atoms with Crippen molar-refractivity contribution in [3.63, 3.8) is 0 Å². The minimum Gasteiger partial charge on any atom is -0.504 e. The average molecular weight is 393 g/mol. The molecule has 0 fully saturated rings. The SMILES string of the molecule is [2H]/C(=C\c1ccc(O)c(OC([2H])([2H])[2H])c1)C(=O)CC(=O)/C([2H])=C/c1ccc(OC([2H])([2H])[2H])c(OC([2H])([2H])[2H])c1. The summed E-state index contributed by atoms with van der Waals surface area (Å²) in [7, 11) is -8.73. The molecule has 2 aromatic carbocycles. The topological polar surface area (TPSA) is 82.1 Å². The number of ketones is 2. The Kier molecular flexibility index (Phi) is 3.60. The number of carbonyl (C=O) groups excluding carboxylic acids is 2. The highest BCUT2D eigenvalue weighted by molar-refractivity contribution is 6.10. The average Bonchev–Trinajstić information content (AvgIpc) is 2.74. The fourth-order valence-corrected chi connectivity index (χ4v) is 2.06.